The first-order chi connectivity index (χ1) is 9.70. The summed E-state index contributed by atoms with van der Waals surface area (Å²) >= 11 is 6.16. The third kappa shape index (κ3) is 4.22. The maximum absolute atomic E-state index is 11.9. The molecule has 1 N–H and O–H groups in total. The molecule has 20 heavy (non-hydrogen) atoms. The Balaban J connectivity index is 1.84. The van der Waals surface area contributed by atoms with E-state index in [1.165, 1.54) is 25.7 Å². The lowest BCUT2D eigenvalue weighted by Gasteiger charge is -2.18. The molecule has 1 aliphatic rings. The third-order valence-electron chi connectivity index (χ3n) is 3.97. The number of benzene rings is 1. The molecule has 110 valence electrons. The standard InChI is InChI=1S/C16H22ClNO2/c1-20-15(13-8-4-5-9-14(13)17)11-18-16(19)10-12-6-2-3-7-12/h4-5,8-9,12,15H,2-3,6-7,10-11H2,1H3,(H,18,19). The third-order valence-corrected chi connectivity index (χ3v) is 4.31. The SMILES string of the molecule is COC(CNC(=O)CC1CCCC1)c1ccccc1Cl. The van der Waals surface area contributed by atoms with Gasteiger partial charge in [-0.3, -0.25) is 4.79 Å². The topological polar surface area (TPSA) is 38.3 Å². The quantitative estimate of drug-likeness (QED) is 0.868. The van der Waals surface area contributed by atoms with E-state index in [4.69, 9.17) is 16.3 Å². The molecule has 1 unspecified atom stereocenters. The molecule has 1 fully saturated rings. The zero-order valence-corrected chi connectivity index (χ0v) is 12.7. The summed E-state index contributed by atoms with van der Waals surface area (Å²) in [6, 6.07) is 7.58. The second-order valence-electron chi connectivity index (χ2n) is 5.40. The van der Waals surface area contributed by atoms with Crippen LogP contribution in [0, 0.1) is 5.92 Å². The fourth-order valence-electron chi connectivity index (χ4n) is 2.81. The monoisotopic (exact) mass is 295 g/mol. The van der Waals surface area contributed by atoms with Crippen molar-refractivity contribution < 1.29 is 9.53 Å². The highest BCUT2D eigenvalue weighted by Gasteiger charge is 2.20. The Morgan fingerprint density at radius 1 is 1.40 bits per heavy atom. The molecule has 1 aromatic carbocycles. The van der Waals surface area contributed by atoms with Crippen LogP contribution >= 0.6 is 11.6 Å². The van der Waals surface area contributed by atoms with Crippen LogP contribution in [0.1, 0.15) is 43.8 Å². The van der Waals surface area contributed by atoms with E-state index >= 15 is 0 Å². The van der Waals surface area contributed by atoms with Crippen molar-refractivity contribution in [3.8, 4) is 0 Å². The Bertz CT molecular complexity index is 444. The number of hydrogen-bond donors (Lipinski definition) is 1. The number of halogens is 1. The molecule has 0 bridgehead atoms. The van der Waals surface area contributed by atoms with Crippen LogP contribution in [0.3, 0.4) is 0 Å². The number of rotatable bonds is 6. The summed E-state index contributed by atoms with van der Waals surface area (Å²) in [5.74, 6) is 0.683. The van der Waals surface area contributed by atoms with E-state index in [0.29, 0.717) is 23.9 Å². The fraction of sp³-hybridized carbons (Fsp3) is 0.562. The van der Waals surface area contributed by atoms with Crippen LogP contribution in [0.15, 0.2) is 24.3 Å². The molecule has 1 aromatic rings. The van der Waals surface area contributed by atoms with Gasteiger partial charge in [0.15, 0.2) is 0 Å². The lowest BCUT2D eigenvalue weighted by atomic mass is 10.0. The molecule has 1 atom stereocenters. The van der Waals surface area contributed by atoms with E-state index in [0.717, 1.165) is 5.56 Å². The van der Waals surface area contributed by atoms with Crippen molar-refractivity contribution in [3.63, 3.8) is 0 Å². The fourth-order valence-corrected chi connectivity index (χ4v) is 3.07. The highest BCUT2D eigenvalue weighted by molar-refractivity contribution is 6.31. The molecule has 1 saturated carbocycles. The molecule has 0 spiro atoms. The first-order valence-corrected chi connectivity index (χ1v) is 7.62. The molecule has 3 nitrogen and oxygen atoms in total. The number of nitrogens with one attached hydrogen (secondary N) is 1. The Kier molecular flexibility index (Phi) is 5.86. The molecular weight excluding hydrogens is 274 g/mol. The molecule has 2 rings (SSSR count). The Labute approximate surface area is 125 Å². The minimum Gasteiger partial charge on any atom is -0.375 e. The number of carbonyl (C=O) groups is 1. The van der Waals surface area contributed by atoms with Crippen molar-refractivity contribution in [2.75, 3.05) is 13.7 Å². The zero-order valence-electron chi connectivity index (χ0n) is 11.9. The average molecular weight is 296 g/mol. The smallest absolute Gasteiger partial charge is 0.220 e. The second-order valence-corrected chi connectivity index (χ2v) is 5.81. The van der Waals surface area contributed by atoms with E-state index in [-0.39, 0.29) is 12.0 Å². The highest BCUT2D eigenvalue weighted by atomic mass is 35.5. The molecule has 0 aromatic heterocycles. The normalized spacial score (nSPS) is 17.1. The van der Waals surface area contributed by atoms with Gasteiger partial charge in [-0.25, -0.2) is 0 Å². The number of hydrogen-bond acceptors (Lipinski definition) is 2. The van der Waals surface area contributed by atoms with Crippen molar-refractivity contribution in [1.82, 2.24) is 5.32 Å². The molecule has 0 aliphatic heterocycles. The van der Waals surface area contributed by atoms with Crippen LogP contribution in [0.2, 0.25) is 5.02 Å². The Hall–Kier alpha value is -1.06. The van der Waals surface area contributed by atoms with Gasteiger partial charge in [-0.2, -0.15) is 0 Å². The van der Waals surface area contributed by atoms with Crippen molar-refractivity contribution in [1.29, 1.82) is 0 Å². The van der Waals surface area contributed by atoms with Gasteiger partial charge in [0.25, 0.3) is 0 Å². The Morgan fingerprint density at radius 2 is 2.10 bits per heavy atom. The number of methoxy groups -OCH3 is 1. The Morgan fingerprint density at radius 3 is 2.75 bits per heavy atom. The number of carbonyl (C=O) groups excluding carboxylic acids is 1. The summed E-state index contributed by atoms with van der Waals surface area (Å²) in [5.41, 5.74) is 0.915. The van der Waals surface area contributed by atoms with Crippen molar-refractivity contribution >= 4 is 17.5 Å². The molecule has 0 saturated heterocycles. The maximum atomic E-state index is 11.9. The summed E-state index contributed by atoms with van der Waals surface area (Å²) in [4.78, 5) is 11.9. The number of ether oxygens (including phenoxy) is 1. The minimum absolute atomic E-state index is 0.117. The zero-order chi connectivity index (χ0) is 14.4. The van der Waals surface area contributed by atoms with E-state index in [9.17, 15) is 4.79 Å². The summed E-state index contributed by atoms with van der Waals surface area (Å²) in [5, 5.41) is 3.63. The number of amides is 1. The highest BCUT2D eigenvalue weighted by Crippen LogP contribution is 2.28. The predicted octanol–water partition coefficient (Wildman–Crippen LogP) is 3.72. The van der Waals surface area contributed by atoms with E-state index in [2.05, 4.69) is 5.32 Å². The van der Waals surface area contributed by atoms with Gasteiger partial charge in [0.1, 0.15) is 6.10 Å². The summed E-state index contributed by atoms with van der Waals surface area (Å²) in [6.45, 7) is 0.464. The van der Waals surface area contributed by atoms with Gasteiger partial charge in [0.05, 0.1) is 0 Å². The van der Waals surface area contributed by atoms with Crippen LogP contribution in [0.4, 0.5) is 0 Å². The van der Waals surface area contributed by atoms with Gasteiger partial charge in [-0.15, -0.1) is 0 Å². The van der Waals surface area contributed by atoms with Crippen LogP contribution in [-0.4, -0.2) is 19.6 Å². The second kappa shape index (κ2) is 7.65. The molecule has 0 heterocycles. The predicted molar refractivity (Wildman–Crippen MR) is 80.8 cm³/mol. The van der Waals surface area contributed by atoms with Gasteiger partial charge in [0, 0.05) is 30.7 Å². The van der Waals surface area contributed by atoms with Crippen molar-refractivity contribution in [2.45, 2.75) is 38.2 Å². The average Bonchev–Trinajstić information content (AvgIpc) is 2.94. The summed E-state index contributed by atoms with van der Waals surface area (Å²) in [6.07, 6.45) is 5.34. The van der Waals surface area contributed by atoms with Crippen molar-refractivity contribution in [2.24, 2.45) is 5.92 Å². The van der Waals surface area contributed by atoms with Crippen LogP contribution in [-0.2, 0) is 9.53 Å². The van der Waals surface area contributed by atoms with Crippen molar-refractivity contribution in [3.05, 3.63) is 34.9 Å². The first-order valence-electron chi connectivity index (χ1n) is 7.24. The van der Waals surface area contributed by atoms with Gasteiger partial charge in [-0.05, 0) is 24.8 Å². The largest absolute Gasteiger partial charge is 0.375 e. The summed E-state index contributed by atoms with van der Waals surface area (Å²) < 4.78 is 5.44. The van der Waals surface area contributed by atoms with E-state index in [1.54, 1.807) is 7.11 Å². The van der Waals surface area contributed by atoms with Gasteiger partial charge >= 0.3 is 0 Å². The van der Waals surface area contributed by atoms with Gasteiger partial charge < -0.3 is 10.1 Å². The van der Waals surface area contributed by atoms with Gasteiger partial charge in [0.2, 0.25) is 5.91 Å². The summed E-state index contributed by atoms with van der Waals surface area (Å²) in [7, 11) is 1.64. The maximum Gasteiger partial charge on any atom is 0.220 e. The molecule has 0 radical (unpaired) electrons. The molecule has 4 heteroatoms. The van der Waals surface area contributed by atoms with Gasteiger partial charge in [-0.1, -0.05) is 42.6 Å². The van der Waals surface area contributed by atoms with Crippen LogP contribution < -0.4 is 5.32 Å². The first kappa shape index (κ1) is 15.3. The lowest BCUT2D eigenvalue weighted by molar-refractivity contribution is -0.122. The van der Waals surface area contributed by atoms with E-state index < -0.39 is 0 Å². The van der Waals surface area contributed by atoms with E-state index in [1.807, 2.05) is 24.3 Å². The molecule has 1 amide bonds. The molecular formula is C16H22ClNO2. The van der Waals surface area contributed by atoms with Crippen LogP contribution in [0.25, 0.3) is 0 Å². The lowest BCUT2D eigenvalue weighted by Crippen LogP contribution is -2.30. The minimum atomic E-state index is -0.198. The molecule has 1 aliphatic carbocycles. The van der Waals surface area contributed by atoms with Crippen LogP contribution in [0.5, 0.6) is 0 Å².